The van der Waals surface area contributed by atoms with Crippen molar-refractivity contribution in [2.75, 3.05) is 47.4 Å². The number of nitrogens with zero attached hydrogens (tertiary/aromatic N) is 2. The molecule has 0 atom stereocenters. The van der Waals surface area contributed by atoms with Crippen molar-refractivity contribution in [3.63, 3.8) is 0 Å². The summed E-state index contributed by atoms with van der Waals surface area (Å²) < 4.78 is 10.5. The Hall–Kier alpha value is -1.01. The van der Waals surface area contributed by atoms with Gasteiger partial charge in [0.15, 0.2) is 11.5 Å². The summed E-state index contributed by atoms with van der Waals surface area (Å²) in [5.74, 6) is 1.24. The number of hydrogen-bond donors (Lipinski definition) is 1. The van der Waals surface area contributed by atoms with Crippen molar-refractivity contribution < 1.29 is 9.47 Å². The van der Waals surface area contributed by atoms with E-state index in [0.29, 0.717) is 23.1 Å². The van der Waals surface area contributed by atoms with Crippen molar-refractivity contribution in [2.45, 2.75) is 6.54 Å². The molecule has 2 rings (SSSR count). The Balaban J connectivity index is 1.99. The second-order valence-corrected chi connectivity index (χ2v) is 5.28. The van der Waals surface area contributed by atoms with Crippen LogP contribution in [0.3, 0.4) is 0 Å². The molecule has 0 amide bonds. The van der Waals surface area contributed by atoms with E-state index in [-0.39, 0.29) is 0 Å². The normalized spacial score (nSPS) is 17.2. The number of likely N-dealkylation sites (N-methyl/N-ethyl adjacent to an activating group) is 1. The highest BCUT2D eigenvalue weighted by Gasteiger charge is 2.16. The van der Waals surface area contributed by atoms with Gasteiger partial charge in [0.2, 0.25) is 0 Å². The standard InChI is InChI=1S/C14H22ClN3O2/c1-17-6-8-18(9-7-17)16-10-11-4-5-12(19-2)14(20-3)13(11)15/h4-5,16H,6-10H2,1-3H3. The molecule has 6 heteroatoms. The number of hydrazine groups is 1. The molecule has 20 heavy (non-hydrogen) atoms. The Morgan fingerprint density at radius 2 is 1.85 bits per heavy atom. The predicted octanol–water partition coefficient (Wildman–Crippen LogP) is 1.61. The molecule has 1 aromatic rings. The number of methoxy groups -OCH3 is 2. The minimum absolute atomic E-state index is 0.590. The lowest BCUT2D eigenvalue weighted by molar-refractivity contribution is 0.102. The Morgan fingerprint density at radius 1 is 1.15 bits per heavy atom. The van der Waals surface area contributed by atoms with Gasteiger partial charge in [-0.15, -0.1) is 0 Å². The maximum absolute atomic E-state index is 6.36. The summed E-state index contributed by atoms with van der Waals surface area (Å²) >= 11 is 6.36. The maximum atomic E-state index is 6.36. The quantitative estimate of drug-likeness (QED) is 0.894. The minimum atomic E-state index is 0.590. The fraction of sp³-hybridized carbons (Fsp3) is 0.571. The highest BCUT2D eigenvalue weighted by atomic mass is 35.5. The molecule has 1 aliphatic rings. The van der Waals surface area contributed by atoms with E-state index in [9.17, 15) is 0 Å². The summed E-state index contributed by atoms with van der Waals surface area (Å²) in [5, 5.41) is 2.83. The minimum Gasteiger partial charge on any atom is -0.493 e. The van der Waals surface area contributed by atoms with Crippen LogP contribution in [0.4, 0.5) is 0 Å². The molecule has 0 radical (unpaired) electrons. The van der Waals surface area contributed by atoms with E-state index >= 15 is 0 Å². The Kier molecular flexibility index (Phi) is 5.48. The van der Waals surface area contributed by atoms with Gasteiger partial charge in [0.25, 0.3) is 0 Å². The van der Waals surface area contributed by atoms with Gasteiger partial charge in [-0.3, -0.25) is 5.43 Å². The van der Waals surface area contributed by atoms with E-state index < -0.39 is 0 Å². The molecule has 0 unspecified atom stereocenters. The van der Waals surface area contributed by atoms with Gasteiger partial charge in [0.05, 0.1) is 19.2 Å². The van der Waals surface area contributed by atoms with Crippen LogP contribution in [0.2, 0.25) is 5.02 Å². The predicted molar refractivity (Wildman–Crippen MR) is 80.5 cm³/mol. The van der Waals surface area contributed by atoms with Crippen LogP contribution < -0.4 is 14.9 Å². The average molecular weight is 300 g/mol. The van der Waals surface area contributed by atoms with E-state index in [4.69, 9.17) is 21.1 Å². The number of nitrogens with one attached hydrogen (secondary N) is 1. The summed E-state index contributed by atoms with van der Waals surface area (Å²) in [6.45, 7) is 4.87. The first-order valence-electron chi connectivity index (χ1n) is 6.72. The molecule has 0 aromatic heterocycles. The van der Waals surface area contributed by atoms with Gasteiger partial charge in [0.1, 0.15) is 0 Å². The fourth-order valence-corrected chi connectivity index (χ4v) is 2.53. The van der Waals surface area contributed by atoms with Crippen LogP contribution in [0.15, 0.2) is 12.1 Å². The molecule has 112 valence electrons. The van der Waals surface area contributed by atoms with Gasteiger partial charge >= 0.3 is 0 Å². The summed E-state index contributed by atoms with van der Waals surface area (Å²) in [6.07, 6.45) is 0. The molecule has 1 aromatic carbocycles. The zero-order valence-electron chi connectivity index (χ0n) is 12.3. The van der Waals surface area contributed by atoms with E-state index in [0.717, 1.165) is 31.7 Å². The van der Waals surface area contributed by atoms with Crippen molar-refractivity contribution in [3.05, 3.63) is 22.7 Å². The van der Waals surface area contributed by atoms with Crippen molar-refractivity contribution in [3.8, 4) is 11.5 Å². The van der Waals surface area contributed by atoms with Crippen LogP contribution in [0.25, 0.3) is 0 Å². The van der Waals surface area contributed by atoms with E-state index in [2.05, 4.69) is 22.4 Å². The van der Waals surface area contributed by atoms with Gasteiger partial charge in [-0.05, 0) is 18.7 Å². The second-order valence-electron chi connectivity index (χ2n) is 4.90. The Morgan fingerprint density at radius 3 is 2.45 bits per heavy atom. The summed E-state index contributed by atoms with van der Waals surface area (Å²) in [4.78, 5) is 2.32. The van der Waals surface area contributed by atoms with Gasteiger partial charge in [-0.2, -0.15) is 0 Å². The lowest BCUT2D eigenvalue weighted by atomic mass is 10.2. The molecule has 1 saturated heterocycles. The second kappa shape index (κ2) is 7.13. The molecule has 0 aliphatic carbocycles. The lowest BCUT2D eigenvalue weighted by Gasteiger charge is -2.32. The van der Waals surface area contributed by atoms with Gasteiger partial charge in [-0.25, -0.2) is 5.01 Å². The smallest absolute Gasteiger partial charge is 0.179 e. The van der Waals surface area contributed by atoms with Crippen molar-refractivity contribution >= 4 is 11.6 Å². The zero-order valence-corrected chi connectivity index (χ0v) is 13.0. The number of rotatable bonds is 5. The molecule has 1 heterocycles. The zero-order chi connectivity index (χ0) is 14.5. The van der Waals surface area contributed by atoms with Gasteiger partial charge in [0, 0.05) is 32.7 Å². The Bertz CT molecular complexity index is 448. The topological polar surface area (TPSA) is 37.0 Å². The van der Waals surface area contributed by atoms with Crippen LogP contribution in [0.1, 0.15) is 5.56 Å². The number of benzene rings is 1. The maximum Gasteiger partial charge on any atom is 0.179 e. The number of halogens is 1. The molecule has 0 spiro atoms. The monoisotopic (exact) mass is 299 g/mol. The largest absolute Gasteiger partial charge is 0.493 e. The number of piperazine rings is 1. The number of ether oxygens (including phenoxy) is 2. The molecule has 5 nitrogen and oxygen atoms in total. The summed E-state index contributed by atoms with van der Waals surface area (Å²) in [5.41, 5.74) is 4.42. The van der Waals surface area contributed by atoms with Crippen LogP contribution in [0, 0.1) is 0 Å². The molecular weight excluding hydrogens is 278 g/mol. The molecule has 1 fully saturated rings. The first-order valence-corrected chi connectivity index (χ1v) is 7.10. The third kappa shape index (κ3) is 3.55. The van der Waals surface area contributed by atoms with E-state index in [1.165, 1.54) is 0 Å². The van der Waals surface area contributed by atoms with E-state index in [1.54, 1.807) is 14.2 Å². The Labute approximate surface area is 125 Å². The van der Waals surface area contributed by atoms with Crippen molar-refractivity contribution in [2.24, 2.45) is 0 Å². The molecule has 0 bridgehead atoms. The fourth-order valence-electron chi connectivity index (χ4n) is 2.23. The van der Waals surface area contributed by atoms with Crippen LogP contribution in [0.5, 0.6) is 11.5 Å². The van der Waals surface area contributed by atoms with Crippen LogP contribution in [-0.2, 0) is 6.54 Å². The lowest BCUT2D eigenvalue weighted by Crippen LogP contribution is -2.50. The highest BCUT2D eigenvalue weighted by molar-refractivity contribution is 6.33. The average Bonchev–Trinajstić information content (AvgIpc) is 2.47. The first kappa shape index (κ1) is 15.4. The summed E-state index contributed by atoms with van der Waals surface area (Å²) in [7, 11) is 5.35. The van der Waals surface area contributed by atoms with E-state index in [1.807, 2.05) is 12.1 Å². The van der Waals surface area contributed by atoms with Crippen molar-refractivity contribution in [1.82, 2.24) is 15.3 Å². The summed E-state index contributed by atoms with van der Waals surface area (Å²) in [6, 6.07) is 3.85. The third-order valence-corrected chi connectivity index (χ3v) is 3.98. The third-order valence-electron chi connectivity index (χ3n) is 3.56. The first-order chi connectivity index (χ1) is 9.65. The molecule has 1 aliphatic heterocycles. The molecule has 1 N–H and O–H groups in total. The van der Waals surface area contributed by atoms with Crippen LogP contribution in [-0.4, -0.2) is 57.4 Å². The molecular formula is C14H22ClN3O2. The van der Waals surface area contributed by atoms with Crippen molar-refractivity contribution in [1.29, 1.82) is 0 Å². The number of hydrogen-bond acceptors (Lipinski definition) is 5. The molecule has 0 saturated carbocycles. The highest BCUT2D eigenvalue weighted by Crippen LogP contribution is 2.37. The van der Waals surface area contributed by atoms with Crippen LogP contribution >= 0.6 is 11.6 Å². The SMILES string of the molecule is COc1ccc(CNN2CCN(C)CC2)c(Cl)c1OC. The van der Waals surface area contributed by atoms with Gasteiger partial charge in [-0.1, -0.05) is 17.7 Å². The van der Waals surface area contributed by atoms with Gasteiger partial charge < -0.3 is 14.4 Å².